The minimum Gasteiger partial charge on any atom is -0.480 e. The fourth-order valence-electron chi connectivity index (χ4n) is 1.37. The summed E-state index contributed by atoms with van der Waals surface area (Å²) in [6.45, 7) is 2.96. The summed E-state index contributed by atoms with van der Waals surface area (Å²) in [7, 11) is -3.69. The van der Waals surface area contributed by atoms with Crippen LogP contribution >= 0.6 is 0 Å². The number of carboxylic acids is 1. The Labute approximate surface area is 94.8 Å². The molecule has 1 aromatic rings. The number of hydrogen-bond acceptors (Lipinski definition) is 3. The van der Waals surface area contributed by atoms with Crippen molar-refractivity contribution >= 4 is 15.8 Å². The van der Waals surface area contributed by atoms with E-state index in [0.29, 0.717) is 5.56 Å². The molecule has 88 valence electrons. The maximum absolute atomic E-state index is 11.9. The van der Waals surface area contributed by atoms with Gasteiger partial charge in [-0.25, -0.2) is 8.42 Å². The van der Waals surface area contributed by atoms with Gasteiger partial charge in [-0.15, -0.1) is 0 Å². The van der Waals surface area contributed by atoms with Crippen LogP contribution in [0.3, 0.4) is 0 Å². The van der Waals surface area contributed by atoms with Gasteiger partial charge >= 0.3 is 5.97 Å². The molecular weight excluding hydrogens is 228 g/mol. The highest BCUT2D eigenvalue weighted by Crippen LogP contribution is 2.26. The Morgan fingerprint density at radius 3 is 2.06 bits per heavy atom. The van der Waals surface area contributed by atoms with Gasteiger partial charge in [-0.3, -0.25) is 4.79 Å². The Bertz CT molecular complexity index is 462. The molecule has 0 bridgehead atoms. The molecule has 0 amide bonds. The number of sulfone groups is 1. The van der Waals surface area contributed by atoms with Crippen molar-refractivity contribution < 1.29 is 18.3 Å². The third-order valence-corrected chi connectivity index (χ3v) is 4.76. The van der Waals surface area contributed by atoms with E-state index in [1.165, 1.54) is 26.0 Å². The van der Waals surface area contributed by atoms with Crippen molar-refractivity contribution in [3.05, 3.63) is 35.9 Å². The molecule has 0 aromatic heterocycles. The van der Waals surface area contributed by atoms with Crippen molar-refractivity contribution in [1.29, 1.82) is 0 Å². The lowest BCUT2D eigenvalue weighted by Crippen LogP contribution is -2.28. The Morgan fingerprint density at radius 2 is 1.69 bits per heavy atom. The normalized spacial score (nSPS) is 13.7. The zero-order valence-corrected chi connectivity index (χ0v) is 9.94. The lowest BCUT2D eigenvalue weighted by Gasteiger charge is -2.16. The predicted molar refractivity (Wildman–Crippen MR) is 60.9 cm³/mol. The third kappa shape index (κ3) is 2.41. The Balaban J connectivity index is 3.28. The molecule has 1 aromatic carbocycles. The first-order valence-corrected chi connectivity index (χ1v) is 6.48. The third-order valence-electron chi connectivity index (χ3n) is 2.31. The predicted octanol–water partition coefficient (Wildman–Crippen LogP) is 1.64. The van der Waals surface area contributed by atoms with E-state index in [2.05, 4.69) is 0 Å². The summed E-state index contributed by atoms with van der Waals surface area (Å²) in [5.74, 6) is -1.33. The summed E-state index contributed by atoms with van der Waals surface area (Å²) in [5.41, 5.74) is 0.295. The molecule has 0 radical (unpaired) electrons. The monoisotopic (exact) mass is 242 g/mol. The summed E-state index contributed by atoms with van der Waals surface area (Å²) in [4.78, 5) is 11.1. The number of benzene rings is 1. The molecule has 1 N–H and O–H groups in total. The number of aliphatic carboxylic acids is 1. The molecule has 0 spiro atoms. The number of hydrogen-bond donors (Lipinski definition) is 1. The Morgan fingerprint density at radius 1 is 1.19 bits per heavy atom. The van der Waals surface area contributed by atoms with Gasteiger partial charge in [0.15, 0.2) is 15.1 Å². The van der Waals surface area contributed by atoms with Crippen molar-refractivity contribution in [2.24, 2.45) is 0 Å². The number of rotatable bonds is 4. The molecule has 0 aliphatic carbocycles. The van der Waals surface area contributed by atoms with Crippen molar-refractivity contribution in [2.45, 2.75) is 24.3 Å². The lowest BCUT2D eigenvalue weighted by molar-refractivity contribution is -0.136. The van der Waals surface area contributed by atoms with Crippen LogP contribution < -0.4 is 0 Å². The highest BCUT2D eigenvalue weighted by Gasteiger charge is 2.36. The van der Waals surface area contributed by atoms with Gasteiger partial charge in [0, 0.05) is 0 Å². The molecule has 5 heteroatoms. The van der Waals surface area contributed by atoms with Crippen LogP contribution in [0, 0.1) is 0 Å². The van der Waals surface area contributed by atoms with Crippen molar-refractivity contribution in [2.75, 3.05) is 0 Å². The smallest absolute Gasteiger partial charge is 0.326 e. The minimum absolute atomic E-state index is 0.295. The first-order chi connectivity index (χ1) is 7.37. The van der Waals surface area contributed by atoms with Crippen LogP contribution in [0.25, 0.3) is 0 Å². The first-order valence-electron chi connectivity index (χ1n) is 4.88. The van der Waals surface area contributed by atoms with Gasteiger partial charge in [0.05, 0.1) is 5.25 Å². The van der Waals surface area contributed by atoms with Crippen LogP contribution in [-0.2, 0) is 14.6 Å². The molecule has 1 unspecified atom stereocenters. The fraction of sp³-hybridized carbons (Fsp3) is 0.364. The van der Waals surface area contributed by atoms with Crippen LogP contribution in [0.2, 0.25) is 0 Å². The van der Waals surface area contributed by atoms with E-state index in [-0.39, 0.29) is 0 Å². The van der Waals surface area contributed by atoms with Crippen LogP contribution in [0.15, 0.2) is 30.3 Å². The molecule has 0 saturated heterocycles. The zero-order valence-electron chi connectivity index (χ0n) is 9.12. The van der Waals surface area contributed by atoms with Gasteiger partial charge in [-0.1, -0.05) is 30.3 Å². The molecule has 4 nitrogen and oxygen atoms in total. The summed E-state index contributed by atoms with van der Waals surface area (Å²) in [5, 5.41) is 6.84. The molecule has 1 rings (SSSR count). The first kappa shape index (κ1) is 12.7. The van der Waals surface area contributed by atoms with Crippen LogP contribution in [0.4, 0.5) is 0 Å². The van der Waals surface area contributed by atoms with E-state index in [1.54, 1.807) is 18.2 Å². The second-order valence-electron chi connectivity index (χ2n) is 3.77. The molecule has 1 atom stereocenters. The van der Waals surface area contributed by atoms with Crippen LogP contribution in [-0.4, -0.2) is 24.7 Å². The molecule has 0 aliphatic heterocycles. The fourth-order valence-corrected chi connectivity index (χ4v) is 2.73. The topological polar surface area (TPSA) is 71.4 Å². The van der Waals surface area contributed by atoms with E-state index >= 15 is 0 Å². The van der Waals surface area contributed by atoms with Crippen LogP contribution in [0.1, 0.15) is 24.7 Å². The van der Waals surface area contributed by atoms with E-state index < -0.39 is 26.3 Å². The Hall–Kier alpha value is -1.36. The van der Waals surface area contributed by atoms with Crippen molar-refractivity contribution in [3.8, 4) is 0 Å². The van der Waals surface area contributed by atoms with Gasteiger partial charge in [0.2, 0.25) is 0 Å². The number of carboxylic acid groups (broad SMARTS) is 1. The SMILES string of the molecule is CC(C)S(=O)(=O)C(C(=O)O)c1ccccc1. The molecule has 0 fully saturated rings. The summed E-state index contributed by atoms with van der Waals surface area (Å²) in [6, 6.07) is 7.99. The summed E-state index contributed by atoms with van der Waals surface area (Å²) in [6.07, 6.45) is 0. The lowest BCUT2D eigenvalue weighted by atomic mass is 10.1. The molecular formula is C11H14O4S. The maximum atomic E-state index is 11.9. The van der Waals surface area contributed by atoms with Gasteiger partial charge < -0.3 is 5.11 Å². The minimum atomic E-state index is -3.69. The van der Waals surface area contributed by atoms with Gasteiger partial charge in [0.25, 0.3) is 0 Å². The van der Waals surface area contributed by atoms with E-state index in [4.69, 9.17) is 5.11 Å². The van der Waals surface area contributed by atoms with E-state index in [0.717, 1.165) is 0 Å². The average molecular weight is 242 g/mol. The van der Waals surface area contributed by atoms with Crippen molar-refractivity contribution in [1.82, 2.24) is 0 Å². The van der Waals surface area contributed by atoms with E-state index in [1.807, 2.05) is 0 Å². The van der Waals surface area contributed by atoms with Crippen LogP contribution in [0.5, 0.6) is 0 Å². The quantitative estimate of drug-likeness (QED) is 0.871. The second kappa shape index (κ2) is 4.65. The second-order valence-corrected chi connectivity index (χ2v) is 6.36. The highest BCUT2D eigenvalue weighted by molar-refractivity contribution is 7.92. The van der Waals surface area contributed by atoms with E-state index in [9.17, 15) is 13.2 Å². The number of carbonyl (C=O) groups is 1. The molecule has 0 saturated carbocycles. The van der Waals surface area contributed by atoms with Gasteiger partial charge in [-0.05, 0) is 19.4 Å². The largest absolute Gasteiger partial charge is 0.480 e. The zero-order chi connectivity index (χ0) is 12.3. The van der Waals surface area contributed by atoms with Gasteiger partial charge in [-0.2, -0.15) is 0 Å². The Kier molecular flexibility index (Phi) is 3.70. The summed E-state index contributed by atoms with van der Waals surface area (Å²) >= 11 is 0. The standard InChI is InChI=1S/C11H14O4S/c1-8(2)16(14,15)10(11(12)13)9-6-4-3-5-7-9/h3-8,10H,1-2H3,(H,12,13). The maximum Gasteiger partial charge on any atom is 0.326 e. The summed E-state index contributed by atoms with van der Waals surface area (Å²) < 4.78 is 23.8. The van der Waals surface area contributed by atoms with Crippen molar-refractivity contribution in [3.63, 3.8) is 0 Å². The molecule has 0 aliphatic rings. The molecule has 0 heterocycles. The molecule has 16 heavy (non-hydrogen) atoms. The highest BCUT2D eigenvalue weighted by atomic mass is 32.2. The van der Waals surface area contributed by atoms with Gasteiger partial charge in [0.1, 0.15) is 0 Å². The average Bonchev–Trinajstić information content (AvgIpc) is 2.18.